The summed E-state index contributed by atoms with van der Waals surface area (Å²) in [5, 5.41) is 36.0. The first-order valence-electron chi connectivity index (χ1n) is 4.57. The molecule has 0 aromatic rings. The molecule has 0 unspecified atom stereocenters. The molecule has 4 atom stereocenters. The summed E-state index contributed by atoms with van der Waals surface area (Å²) < 4.78 is 59.8. The van der Waals surface area contributed by atoms with E-state index in [4.69, 9.17) is 20.4 Å². The molecule has 0 amide bonds. The van der Waals surface area contributed by atoms with E-state index in [0.29, 0.717) is 0 Å². The van der Waals surface area contributed by atoms with Crippen molar-refractivity contribution >= 4 is 16.4 Å². The molecule has 0 spiro atoms. The molecule has 114 valence electrons. The van der Waals surface area contributed by atoms with E-state index >= 15 is 0 Å². The van der Waals surface area contributed by atoms with Gasteiger partial charge in [-0.25, -0.2) is 0 Å². The van der Waals surface area contributed by atoms with Gasteiger partial charge in [0.1, 0.15) is 24.4 Å². The Morgan fingerprint density at radius 3 is 1.95 bits per heavy atom. The third kappa shape index (κ3) is 5.00. The fourth-order valence-corrected chi connectivity index (χ4v) is 1.29. The molecule has 0 fully saturated rings. The van der Waals surface area contributed by atoms with Crippen LogP contribution in [0, 0.1) is 0 Å². The van der Waals surface area contributed by atoms with Crippen LogP contribution < -0.4 is 0 Å². The number of carbonyl (C=O) groups excluding carboxylic acids is 1. The highest BCUT2D eigenvalue weighted by Gasteiger charge is 2.48. The van der Waals surface area contributed by atoms with E-state index in [1.54, 1.807) is 0 Å². The van der Waals surface area contributed by atoms with Gasteiger partial charge < -0.3 is 25.2 Å². The van der Waals surface area contributed by atoms with E-state index in [1.165, 1.54) is 0 Å². The molecule has 8 nitrogen and oxygen atoms in total. The van der Waals surface area contributed by atoms with Gasteiger partial charge in [-0.05, 0) is 0 Å². The molecular weight excluding hydrogens is 301 g/mol. The van der Waals surface area contributed by atoms with Crippen molar-refractivity contribution in [1.82, 2.24) is 0 Å². The van der Waals surface area contributed by atoms with Gasteiger partial charge in [0.2, 0.25) is 0 Å². The maximum atomic E-state index is 11.8. The van der Waals surface area contributed by atoms with Crippen molar-refractivity contribution < 1.29 is 51.0 Å². The molecule has 0 rings (SSSR count). The van der Waals surface area contributed by atoms with E-state index < -0.39 is 46.6 Å². The first-order chi connectivity index (χ1) is 8.44. The van der Waals surface area contributed by atoms with Gasteiger partial charge in [-0.3, -0.25) is 4.18 Å². The van der Waals surface area contributed by atoms with Crippen molar-refractivity contribution in [2.75, 3.05) is 6.61 Å². The summed E-state index contributed by atoms with van der Waals surface area (Å²) in [6, 6.07) is 0. The zero-order chi connectivity index (χ0) is 15.4. The zero-order valence-electron chi connectivity index (χ0n) is 9.06. The van der Waals surface area contributed by atoms with Crippen LogP contribution >= 0.6 is 0 Å². The Balaban J connectivity index is 4.56. The minimum Gasteiger partial charge on any atom is -0.388 e. The maximum absolute atomic E-state index is 11.8. The number of hydrogen-bond donors (Lipinski definition) is 4. The highest BCUT2D eigenvalue weighted by Crippen LogP contribution is 2.24. The number of aliphatic hydroxyl groups excluding tert-OH is 4. The van der Waals surface area contributed by atoms with E-state index in [0.717, 1.165) is 0 Å². The standard InChI is InChI=1S/C7H11F3O8S/c8-7(9,10)19(16,17)18-2-4(13)6(15)5(14)3(12)1-11/h1,3-6,12-15H,2H2/t3-,4-,5-,6-/m1/s1. The van der Waals surface area contributed by atoms with Crippen LogP contribution in [-0.4, -0.2) is 71.7 Å². The molecule has 0 aliphatic carbocycles. The zero-order valence-corrected chi connectivity index (χ0v) is 9.87. The summed E-state index contributed by atoms with van der Waals surface area (Å²) in [4.78, 5) is 10.0. The number of aldehydes is 1. The third-order valence-corrected chi connectivity index (χ3v) is 2.92. The van der Waals surface area contributed by atoms with E-state index in [1.807, 2.05) is 0 Å². The summed E-state index contributed by atoms with van der Waals surface area (Å²) in [5.74, 6) is 0. The SMILES string of the molecule is O=C[C@@H](O)[C@@H](O)[C@H](O)[C@H](O)COS(=O)(=O)C(F)(F)F. The summed E-state index contributed by atoms with van der Waals surface area (Å²) in [6.45, 7) is -1.52. The third-order valence-electron chi connectivity index (χ3n) is 1.91. The quantitative estimate of drug-likeness (QED) is 0.229. The highest BCUT2D eigenvalue weighted by molar-refractivity contribution is 7.87. The van der Waals surface area contributed by atoms with Crippen molar-refractivity contribution in [3.8, 4) is 0 Å². The van der Waals surface area contributed by atoms with E-state index in [-0.39, 0.29) is 6.29 Å². The predicted octanol–water partition coefficient (Wildman–Crippen LogP) is -2.50. The number of alkyl halides is 3. The normalized spacial score (nSPS) is 19.5. The van der Waals surface area contributed by atoms with Crippen molar-refractivity contribution in [3.05, 3.63) is 0 Å². The molecular formula is C7H11F3O8S. The molecule has 0 saturated carbocycles. The second-order valence-corrected chi connectivity index (χ2v) is 4.97. The van der Waals surface area contributed by atoms with E-state index in [2.05, 4.69) is 4.18 Å². The Morgan fingerprint density at radius 1 is 1.11 bits per heavy atom. The molecule has 0 aromatic heterocycles. The molecule has 19 heavy (non-hydrogen) atoms. The molecule has 0 heterocycles. The number of rotatable bonds is 7. The van der Waals surface area contributed by atoms with Crippen LogP contribution in [-0.2, 0) is 19.1 Å². The van der Waals surface area contributed by atoms with Gasteiger partial charge in [0.05, 0.1) is 6.61 Å². The summed E-state index contributed by atoms with van der Waals surface area (Å²) >= 11 is 0. The molecule has 4 N–H and O–H groups in total. The number of aliphatic hydroxyl groups is 4. The Labute approximate surface area is 105 Å². The van der Waals surface area contributed by atoms with Crippen molar-refractivity contribution in [2.45, 2.75) is 29.9 Å². The Hall–Kier alpha value is -0.790. The Kier molecular flexibility index (Phi) is 6.31. The second-order valence-electron chi connectivity index (χ2n) is 3.36. The van der Waals surface area contributed by atoms with Gasteiger partial charge >= 0.3 is 15.6 Å². The number of hydrogen-bond acceptors (Lipinski definition) is 8. The Morgan fingerprint density at radius 2 is 1.58 bits per heavy atom. The minimum absolute atomic E-state index is 0.200. The lowest BCUT2D eigenvalue weighted by molar-refractivity contribution is -0.136. The average molecular weight is 312 g/mol. The molecule has 0 aromatic carbocycles. The molecule has 0 bridgehead atoms. The van der Waals surface area contributed by atoms with Crippen LogP contribution in [0.3, 0.4) is 0 Å². The van der Waals surface area contributed by atoms with Crippen molar-refractivity contribution in [2.24, 2.45) is 0 Å². The van der Waals surface area contributed by atoms with Crippen LogP contribution in [0.2, 0.25) is 0 Å². The van der Waals surface area contributed by atoms with Crippen LogP contribution in [0.4, 0.5) is 13.2 Å². The van der Waals surface area contributed by atoms with Crippen molar-refractivity contribution in [3.63, 3.8) is 0 Å². The largest absolute Gasteiger partial charge is 0.523 e. The lowest BCUT2D eigenvalue weighted by Crippen LogP contribution is -2.47. The molecule has 0 radical (unpaired) electrons. The smallest absolute Gasteiger partial charge is 0.388 e. The monoisotopic (exact) mass is 312 g/mol. The number of halogens is 3. The Bertz CT molecular complexity index is 394. The lowest BCUT2D eigenvalue weighted by atomic mass is 10.0. The summed E-state index contributed by atoms with van der Waals surface area (Å²) in [6.07, 6.45) is -9.09. The minimum atomic E-state index is -5.96. The van der Waals surface area contributed by atoms with Gasteiger partial charge in [0, 0.05) is 0 Å². The van der Waals surface area contributed by atoms with Crippen LogP contribution in [0.1, 0.15) is 0 Å². The predicted molar refractivity (Wildman–Crippen MR) is 51.0 cm³/mol. The lowest BCUT2D eigenvalue weighted by Gasteiger charge is -2.23. The molecule has 0 saturated heterocycles. The first-order valence-corrected chi connectivity index (χ1v) is 5.98. The average Bonchev–Trinajstić information content (AvgIpc) is 2.31. The van der Waals surface area contributed by atoms with Crippen LogP contribution in [0.25, 0.3) is 0 Å². The van der Waals surface area contributed by atoms with Gasteiger partial charge in [-0.15, -0.1) is 0 Å². The number of carbonyl (C=O) groups is 1. The van der Waals surface area contributed by atoms with E-state index in [9.17, 15) is 26.4 Å². The first kappa shape index (κ1) is 18.2. The maximum Gasteiger partial charge on any atom is 0.523 e. The van der Waals surface area contributed by atoms with Gasteiger partial charge in [-0.1, -0.05) is 0 Å². The second kappa shape index (κ2) is 6.58. The van der Waals surface area contributed by atoms with Gasteiger partial charge in [0.15, 0.2) is 6.29 Å². The topological polar surface area (TPSA) is 141 Å². The molecule has 0 aliphatic heterocycles. The fraction of sp³-hybridized carbons (Fsp3) is 0.857. The summed E-state index contributed by atoms with van der Waals surface area (Å²) in [7, 11) is -5.96. The van der Waals surface area contributed by atoms with Crippen molar-refractivity contribution in [1.29, 1.82) is 0 Å². The molecule has 12 heteroatoms. The van der Waals surface area contributed by atoms with Crippen LogP contribution in [0.5, 0.6) is 0 Å². The van der Waals surface area contributed by atoms with Crippen LogP contribution in [0.15, 0.2) is 0 Å². The summed E-state index contributed by atoms with van der Waals surface area (Å²) in [5.41, 5.74) is -5.71. The van der Waals surface area contributed by atoms with Gasteiger partial charge in [0.25, 0.3) is 0 Å². The fourth-order valence-electron chi connectivity index (χ4n) is 0.835. The highest BCUT2D eigenvalue weighted by atomic mass is 32.2. The van der Waals surface area contributed by atoms with Gasteiger partial charge in [-0.2, -0.15) is 21.6 Å². The molecule has 0 aliphatic rings.